The minimum absolute atomic E-state index is 0.161. The Labute approximate surface area is 115 Å². The molecule has 19 heavy (non-hydrogen) atoms. The molecule has 1 aliphatic rings. The number of nitrogens with zero attached hydrogens (tertiary/aromatic N) is 2. The summed E-state index contributed by atoms with van der Waals surface area (Å²) < 4.78 is 0. The van der Waals surface area contributed by atoms with Gasteiger partial charge in [0.25, 0.3) is 0 Å². The molecule has 102 valence electrons. The van der Waals surface area contributed by atoms with Gasteiger partial charge in [-0.2, -0.15) is 0 Å². The highest BCUT2D eigenvalue weighted by atomic mass is 32.2. The molecule has 6 nitrogen and oxygen atoms in total. The number of carbonyl (C=O) groups excluding carboxylic acids is 2. The smallest absolute Gasteiger partial charge is 0.321 e. The molecule has 3 amide bonds. The van der Waals surface area contributed by atoms with Gasteiger partial charge < -0.3 is 5.32 Å². The first-order valence-electron chi connectivity index (χ1n) is 6.08. The molecule has 0 atom stereocenters. The van der Waals surface area contributed by atoms with Crippen molar-refractivity contribution in [2.45, 2.75) is 37.8 Å². The van der Waals surface area contributed by atoms with Gasteiger partial charge in [0.1, 0.15) is 10.9 Å². The van der Waals surface area contributed by atoms with E-state index in [-0.39, 0.29) is 17.7 Å². The molecule has 1 fully saturated rings. The zero-order valence-corrected chi connectivity index (χ0v) is 11.7. The second-order valence-electron chi connectivity index (χ2n) is 4.48. The van der Waals surface area contributed by atoms with E-state index in [0.717, 1.165) is 23.6 Å². The van der Waals surface area contributed by atoms with E-state index in [9.17, 15) is 9.59 Å². The molecule has 1 aliphatic carbocycles. The first kappa shape index (κ1) is 13.8. The largest absolute Gasteiger partial charge is 0.335 e. The van der Waals surface area contributed by atoms with Gasteiger partial charge in [0.15, 0.2) is 0 Å². The van der Waals surface area contributed by atoms with Crippen molar-refractivity contribution in [1.29, 1.82) is 0 Å². The average molecular weight is 280 g/mol. The monoisotopic (exact) mass is 280 g/mol. The second kappa shape index (κ2) is 6.01. The van der Waals surface area contributed by atoms with Gasteiger partial charge in [0.2, 0.25) is 5.91 Å². The Kier molecular flexibility index (Phi) is 4.36. The maximum absolute atomic E-state index is 11.6. The van der Waals surface area contributed by atoms with Crippen LogP contribution >= 0.6 is 11.8 Å². The van der Waals surface area contributed by atoms with Crippen molar-refractivity contribution in [2.75, 3.05) is 5.75 Å². The van der Waals surface area contributed by atoms with E-state index in [4.69, 9.17) is 0 Å². The Bertz CT molecular complexity index is 482. The molecule has 1 aromatic rings. The Morgan fingerprint density at radius 2 is 2.11 bits per heavy atom. The van der Waals surface area contributed by atoms with E-state index in [0.29, 0.717) is 5.82 Å². The van der Waals surface area contributed by atoms with Crippen LogP contribution in [0, 0.1) is 13.8 Å². The van der Waals surface area contributed by atoms with Crippen molar-refractivity contribution in [3.05, 3.63) is 17.6 Å². The molecular weight excluding hydrogens is 264 g/mol. The Morgan fingerprint density at radius 3 is 2.74 bits per heavy atom. The van der Waals surface area contributed by atoms with Crippen LogP contribution in [0.3, 0.4) is 0 Å². The molecule has 2 N–H and O–H groups in total. The summed E-state index contributed by atoms with van der Waals surface area (Å²) in [6.45, 7) is 3.68. The number of imide groups is 1. The highest BCUT2D eigenvalue weighted by molar-refractivity contribution is 7.99. The lowest BCUT2D eigenvalue weighted by molar-refractivity contribution is -0.117. The van der Waals surface area contributed by atoms with Crippen LogP contribution in [0.1, 0.15) is 24.4 Å². The van der Waals surface area contributed by atoms with Gasteiger partial charge in [-0.25, -0.2) is 14.8 Å². The van der Waals surface area contributed by atoms with Crippen LogP contribution in [0.15, 0.2) is 11.1 Å². The van der Waals surface area contributed by atoms with Crippen LogP contribution in [0.2, 0.25) is 0 Å². The van der Waals surface area contributed by atoms with Gasteiger partial charge in [-0.05, 0) is 32.8 Å². The maximum Gasteiger partial charge on any atom is 0.321 e. The van der Waals surface area contributed by atoms with Crippen molar-refractivity contribution in [1.82, 2.24) is 20.6 Å². The van der Waals surface area contributed by atoms with E-state index in [1.165, 1.54) is 11.8 Å². The SMILES string of the molecule is Cc1cc(SCC(=O)NC(=O)NC2CC2)nc(C)n1. The highest BCUT2D eigenvalue weighted by Gasteiger charge is 2.23. The number of carbonyl (C=O) groups is 2. The summed E-state index contributed by atoms with van der Waals surface area (Å²) in [4.78, 5) is 31.3. The zero-order chi connectivity index (χ0) is 13.8. The van der Waals surface area contributed by atoms with E-state index >= 15 is 0 Å². The summed E-state index contributed by atoms with van der Waals surface area (Å²) in [5.41, 5.74) is 0.863. The Morgan fingerprint density at radius 1 is 1.37 bits per heavy atom. The standard InChI is InChI=1S/C12H16N4O2S/c1-7-5-11(14-8(2)13-7)19-6-10(17)16-12(18)15-9-3-4-9/h5,9H,3-4,6H2,1-2H3,(H2,15,16,17,18). The van der Waals surface area contributed by atoms with Gasteiger partial charge in [-0.15, -0.1) is 0 Å². The fourth-order valence-electron chi connectivity index (χ4n) is 1.51. The minimum Gasteiger partial charge on any atom is -0.335 e. The topological polar surface area (TPSA) is 84.0 Å². The quantitative estimate of drug-likeness (QED) is 0.639. The normalized spacial score (nSPS) is 14.0. The van der Waals surface area contributed by atoms with Crippen molar-refractivity contribution in [3.63, 3.8) is 0 Å². The van der Waals surface area contributed by atoms with Crippen LogP contribution < -0.4 is 10.6 Å². The molecule has 7 heteroatoms. The van der Waals surface area contributed by atoms with Crippen molar-refractivity contribution < 1.29 is 9.59 Å². The third kappa shape index (κ3) is 4.86. The molecule has 0 bridgehead atoms. The average Bonchev–Trinajstić information content (AvgIpc) is 3.08. The van der Waals surface area contributed by atoms with Crippen LogP contribution in [0.25, 0.3) is 0 Å². The number of urea groups is 1. The first-order chi connectivity index (χ1) is 9.02. The van der Waals surface area contributed by atoms with Crippen LogP contribution in [-0.2, 0) is 4.79 Å². The third-order valence-electron chi connectivity index (χ3n) is 2.46. The summed E-state index contributed by atoms with van der Waals surface area (Å²) in [6, 6.07) is 1.64. The number of aromatic nitrogens is 2. The second-order valence-corrected chi connectivity index (χ2v) is 5.47. The van der Waals surface area contributed by atoms with E-state index in [1.54, 1.807) is 6.92 Å². The maximum atomic E-state index is 11.6. The van der Waals surface area contributed by atoms with E-state index in [2.05, 4.69) is 20.6 Å². The predicted molar refractivity (Wildman–Crippen MR) is 71.9 cm³/mol. The molecule has 0 spiro atoms. The van der Waals surface area contributed by atoms with Crippen molar-refractivity contribution >= 4 is 23.7 Å². The molecular formula is C12H16N4O2S. The summed E-state index contributed by atoms with van der Waals surface area (Å²) in [7, 11) is 0. The number of amides is 3. The number of thioether (sulfide) groups is 1. The molecule has 0 unspecified atom stereocenters. The van der Waals surface area contributed by atoms with Gasteiger partial charge in [0.05, 0.1) is 5.75 Å². The summed E-state index contributed by atoms with van der Waals surface area (Å²) in [6.07, 6.45) is 1.99. The number of rotatable bonds is 4. The minimum atomic E-state index is -0.414. The fraction of sp³-hybridized carbons (Fsp3) is 0.500. The highest BCUT2D eigenvalue weighted by Crippen LogP contribution is 2.18. The van der Waals surface area contributed by atoms with Gasteiger partial charge in [0, 0.05) is 11.7 Å². The summed E-state index contributed by atoms with van der Waals surface area (Å²) >= 11 is 1.29. The first-order valence-corrected chi connectivity index (χ1v) is 7.07. The third-order valence-corrected chi connectivity index (χ3v) is 3.37. The van der Waals surface area contributed by atoms with Crippen molar-refractivity contribution in [3.8, 4) is 0 Å². The van der Waals surface area contributed by atoms with Crippen molar-refractivity contribution in [2.24, 2.45) is 0 Å². The molecule has 1 saturated carbocycles. The Hall–Kier alpha value is -1.63. The lowest BCUT2D eigenvalue weighted by Crippen LogP contribution is -2.41. The molecule has 0 radical (unpaired) electrons. The summed E-state index contributed by atoms with van der Waals surface area (Å²) in [5, 5.41) is 5.73. The van der Waals surface area contributed by atoms with Crippen LogP contribution in [-0.4, -0.2) is 33.7 Å². The molecule has 0 aliphatic heterocycles. The van der Waals surface area contributed by atoms with Crippen LogP contribution in [0.4, 0.5) is 4.79 Å². The Balaban J connectivity index is 1.77. The van der Waals surface area contributed by atoms with Gasteiger partial charge in [-0.1, -0.05) is 11.8 Å². The molecule has 2 rings (SSSR count). The number of hydrogen-bond donors (Lipinski definition) is 2. The van der Waals surface area contributed by atoms with E-state index < -0.39 is 6.03 Å². The predicted octanol–water partition coefficient (Wildman–Crippen LogP) is 1.17. The summed E-state index contributed by atoms with van der Waals surface area (Å²) in [5.74, 6) is 0.514. The van der Waals surface area contributed by atoms with Crippen LogP contribution in [0.5, 0.6) is 0 Å². The molecule has 1 heterocycles. The molecule has 1 aromatic heterocycles. The van der Waals surface area contributed by atoms with Gasteiger partial charge >= 0.3 is 6.03 Å². The number of aryl methyl sites for hydroxylation is 2. The van der Waals surface area contributed by atoms with Gasteiger partial charge in [-0.3, -0.25) is 10.1 Å². The molecule has 0 aromatic carbocycles. The lowest BCUT2D eigenvalue weighted by Gasteiger charge is -2.05. The molecule has 0 saturated heterocycles. The van der Waals surface area contributed by atoms with E-state index in [1.807, 2.05) is 13.0 Å². The fourth-order valence-corrected chi connectivity index (χ4v) is 2.31. The zero-order valence-electron chi connectivity index (χ0n) is 10.9. The number of nitrogens with one attached hydrogen (secondary N) is 2. The number of hydrogen-bond acceptors (Lipinski definition) is 5. The lowest BCUT2D eigenvalue weighted by atomic mass is 10.4.